The summed E-state index contributed by atoms with van der Waals surface area (Å²) in [7, 11) is 0. The van der Waals surface area contributed by atoms with Crippen LogP contribution in [0.3, 0.4) is 0 Å². The number of aryl methyl sites for hydroxylation is 1. The van der Waals surface area contributed by atoms with E-state index in [4.69, 9.17) is 4.98 Å². The Morgan fingerprint density at radius 3 is 3.22 bits per heavy atom. The van der Waals surface area contributed by atoms with Crippen molar-refractivity contribution in [2.24, 2.45) is 0 Å². The summed E-state index contributed by atoms with van der Waals surface area (Å²) in [4.78, 5) is 9.28. The molecule has 0 aromatic carbocycles. The zero-order chi connectivity index (χ0) is 12.4. The highest BCUT2D eigenvalue weighted by Crippen LogP contribution is 2.24. The average Bonchev–Trinajstić information content (AvgIpc) is 2.78. The maximum Gasteiger partial charge on any atom is 0.160 e. The van der Waals surface area contributed by atoms with Gasteiger partial charge in [-0.3, -0.25) is 0 Å². The van der Waals surface area contributed by atoms with E-state index in [1.54, 1.807) is 0 Å². The summed E-state index contributed by atoms with van der Waals surface area (Å²) in [5, 5.41) is 3.48. The van der Waals surface area contributed by atoms with Gasteiger partial charge in [0, 0.05) is 25.2 Å². The quantitative estimate of drug-likeness (QED) is 0.901. The van der Waals surface area contributed by atoms with Gasteiger partial charge in [0.2, 0.25) is 0 Å². The maximum absolute atomic E-state index is 4.75. The van der Waals surface area contributed by atoms with Gasteiger partial charge in [0.1, 0.15) is 11.3 Å². The summed E-state index contributed by atoms with van der Waals surface area (Å²) < 4.78 is 2.37. The fraction of sp³-hybridized carbons (Fsp3) is 0.571. The van der Waals surface area contributed by atoms with E-state index < -0.39 is 0 Å². The average molecular weight is 244 g/mol. The molecule has 1 atom stereocenters. The first-order valence-electron chi connectivity index (χ1n) is 6.92. The molecule has 4 heteroatoms. The minimum atomic E-state index is 0.514. The molecule has 1 fully saturated rings. The Hall–Kier alpha value is -1.42. The van der Waals surface area contributed by atoms with Gasteiger partial charge in [0.05, 0.1) is 0 Å². The highest BCUT2D eigenvalue weighted by atomic mass is 15.2. The van der Waals surface area contributed by atoms with Gasteiger partial charge in [-0.2, -0.15) is 0 Å². The molecule has 0 bridgehead atoms. The molecule has 2 aromatic rings. The van der Waals surface area contributed by atoms with Gasteiger partial charge in [-0.05, 0) is 37.9 Å². The predicted octanol–water partition coefficient (Wildman–Crippen LogP) is 2.31. The standard InChI is InChI=1S/C14H20N4/c1-2-5-13-17-12-7-4-9-16-14(12)18(13)11-6-3-8-15-10-11/h4,7,9,11,15H,2-3,5-6,8,10H2,1H3. The molecule has 1 unspecified atom stereocenters. The number of imidazole rings is 1. The molecule has 1 saturated heterocycles. The molecule has 1 N–H and O–H groups in total. The van der Waals surface area contributed by atoms with Crippen LogP contribution in [0.15, 0.2) is 18.3 Å². The van der Waals surface area contributed by atoms with Crippen molar-refractivity contribution in [1.82, 2.24) is 19.9 Å². The molecule has 0 saturated carbocycles. The molecule has 96 valence electrons. The molecule has 2 aromatic heterocycles. The van der Waals surface area contributed by atoms with Gasteiger partial charge >= 0.3 is 0 Å². The van der Waals surface area contributed by atoms with Crippen LogP contribution in [-0.2, 0) is 6.42 Å². The zero-order valence-electron chi connectivity index (χ0n) is 10.9. The number of piperidine rings is 1. The molecule has 0 amide bonds. The third-order valence-electron chi connectivity index (χ3n) is 3.63. The number of nitrogens with zero attached hydrogens (tertiary/aromatic N) is 3. The Morgan fingerprint density at radius 1 is 1.50 bits per heavy atom. The van der Waals surface area contributed by atoms with Crippen LogP contribution in [0, 0.1) is 0 Å². The lowest BCUT2D eigenvalue weighted by molar-refractivity contribution is 0.368. The number of nitrogens with one attached hydrogen (secondary N) is 1. The van der Waals surface area contributed by atoms with Gasteiger partial charge in [0.15, 0.2) is 5.65 Å². The molecule has 0 spiro atoms. The van der Waals surface area contributed by atoms with E-state index >= 15 is 0 Å². The number of aromatic nitrogens is 3. The summed E-state index contributed by atoms with van der Waals surface area (Å²) in [6.07, 6.45) is 6.50. The highest BCUT2D eigenvalue weighted by molar-refractivity contribution is 5.71. The number of hydrogen-bond acceptors (Lipinski definition) is 3. The Bertz CT molecular complexity index is 526. The number of hydrogen-bond donors (Lipinski definition) is 1. The van der Waals surface area contributed by atoms with Crippen LogP contribution in [0.2, 0.25) is 0 Å². The Labute approximate surface area is 107 Å². The molecule has 0 radical (unpaired) electrons. The van der Waals surface area contributed by atoms with E-state index in [0.29, 0.717) is 6.04 Å². The van der Waals surface area contributed by atoms with E-state index in [0.717, 1.165) is 37.1 Å². The van der Waals surface area contributed by atoms with Gasteiger partial charge in [-0.15, -0.1) is 0 Å². The topological polar surface area (TPSA) is 42.7 Å². The van der Waals surface area contributed by atoms with Crippen molar-refractivity contribution in [3.05, 3.63) is 24.2 Å². The summed E-state index contributed by atoms with van der Waals surface area (Å²) >= 11 is 0. The van der Waals surface area contributed by atoms with Crippen LogP contribution in [0.5, 0.6) is 0 Å². The fourth-order valence-corrected chi connectivity index (χ4v) is 2.81. The van der Waals surface area contributed by atoms with Crippen molar-refractivity contribution in [3.63, 3.8) is 0 Å². The molecule has 4 nitrogen and oxygen atoms in total. The number of fused-ring (bicyclic) bond motifs is 1. The van der Waals surface area contributed by atoms with E-state index in [-0.39, 0.29) is 0 Å². The normalized spacial score (nSPS) is 20.4. The molecule has 3 heterocycles. The van der Waals surface area contributed by atoms with Crippen molar-refractivity contribution in [2.45, 2.75) is 38.6 Å². The Morgan fingerprint density at radius 2 is 2.44 bits per heavy atom. The monoisotopic (exact) mass is 244 g/mol. The lowest BCUT2D eigenvalue weighted by Gasteiger charge is -2.25. The SMILES string of the molecule is CCCc1nc2cccnc2n1C1CCCNC1. The molecule has 0 aliphatic carbocycles. The number of rotatable bonds is 3. The van der Waals surface area contributed by atoms with Crippen LogP contribution in [-0.4, -0.2) is 27.6 Å². The van der Waals surface area contributed by atoms with Crippen LogP contribution < -0.4 is 5.32 Å². The first-order chi connectivity index (χ1) is 8.90. The first-order valence-corrected chi connectivity index (χ1v) is 6.92. The molecule has 1 aliphatic heterocycles. The van der Waals surface area contributed by atoms with E-state index in [2.05, 4.69) is 27.9 Å². The van der Waals surface area contributed by atoms with Crippen LogP contribution in [0.25, 0.3) is 11.2 Å². The third kappa shape index (κ3) is 2.01. The van der Waals surface area contributed by atoms with E-state index in [1.807, 2.05) is 12.3 Å². The van der Waals surface area contributed by atoms with Gasteiger partial charge in [-0.1, -0.05) is 6.92 Å². The van der Waals surface area contributed by atoms with E-state index in [1.165, 1.54) is 18.7 Å². The Kier molecular flexibility index (Phi) is 3.28. The minimum absolute atomic E-state index is 0.514. The van der Waals surface area contributed by atoms with Crippen molar-refractivity contribution < 1.29 is 0 Å². The van der Waals surface area contributed by atoms with Gasteiger partial charge in [0.25, 0.3) is 0 Å². The van der Waals surface area contributed by atoms with Gasteiger partial charge < -0.3 is 9.88 Å². The van der Waals surface area contributed by atoms with Crippen LogP contribution >= 0.6 is 0 Å². The summed E-state index contributed by atoms with van der Waals surface area (Å²) in [6, 6.07) is 4.54. The summed E-state index contributed by atoms with van der Waals surface area (Å²) in [5.41, 5.74) is 2.08. The maximum atomic E-state index is 4.75. The summed E-state index contributed by atoms with van der Waals surface area (Å²) in [6.45, 7) is 4.38. The fourth-order valence-electron chi connectivity index (χ4n) is 2.81. The molecule has 18 heavy (non-hydrogen) atoms. The molecule has 3 rings (SSSR count). The smallest absolute Gasteiger partial charge is 0.160 e. The molecule has 1 aliphatic rings. The second-order valence-corrected chi connectivity index (χ2v) is 4.99. The Balaban J connectivity index is 2.07. The minimum Gasteiger partial charge on any atom is -0.315 e. The van der Waals surface area contributed by atoms with E-state index in [9.17, 15) is 0 Å². The summed E-state index contributed by atoms with van der Waals surface area (Å²) in [5.74, 6) is 1.19. The van der Waals surface area contributed by atoms with Crippen LogP contribution in [0.1, 0.15) is 38.1 Å². The zero-order valence-corrected chi connectivity index (χ0v) is 10.9. The van der Waals surface area contributed by atoms with Crippen molar-refractivity contribution in [3.8, 4) is 0 Å². The first kappa shape index (κ1) is 11.7. The number of pyridine rings is 1. The van der Waals surface area contributed by atoms with Gasteiger partial charge in [-0.25, -0.2) is 9.97 Å². The largest absolute Gasteiger partial charge is 0.315 e. The van der Waals surface area contributed by atoms with Crippen molar-refractivity contribution in [2.75, 3.05) is 13.1 Å². The van der Waals surface area contributed by atoms with Crippen molar-refractivity contribution in [1.29, 1.82) is 0 Å². The molecular weight excluding hydrogens is 224 g/mol. The second-order valence-electron chi connectivity index (χ2n) is 4.99. The lowest BCUT2D eigenvalue weighted by Crippen LogP contribution is -2.32. The predicted molar refractivity (Wildman–Crippen MR) is 72.7 cm³/mol. The highest BCUT2D eigenvalue weighted by Gasteiger charge is 2.21. The molecular formula is C14H20N4. The van der Waals surface area contributed by atoms with Crippen LogP contribution in [0.4, 0.5) is 0 Å². The third-order valence-corrected chi connectivity index (χ3v) is 3.63. The second kappa shape index (κ2) is 5.06. The lowest BCUT2D eigenvalue weighted by atomic mass is 10.1. The van der Waals surface area contributed by atoms with Crippen molar-refractivity contribution >= 4 is 11.2 Å².